The third-order valence-corrected chi connectivity index (χ3v) is 5.36. The molecule has 0 aliphatic rings. The van der Waals surface area contributed by atoms with E-state index in [0.717, 1.165) is 16.7 Å². The molecular formula is C31H26O6. The summed E-state index contributed by atoms with van der Waals surface area (Å²) in [5.41, 5.74) is 3.37. The molecule has 3 rings (SSSR count). The van der Waals surface area contributed by atoms with E-state index < -0.39 is 11.9 Å². The smallest absolute Gasteiger partial charge is 0.343 e. The second-order valence-corrected chi connectivity index (χ2v) is 8.20. The van der Waals surface area contributed by atoms with Crippen molar-refractivity contribution in [3.8, 4) is 11.5 Å². The Labute approximate surface area is 215 Å². The van der Waals surface area contributed by atoms with Crippen LogP contribution in [0.15, 0.2) is 98.1 Å². The standard InChI is InChI=1S/C31H26O6/c1-4-26(32)19-23-8-6-22(7-9-23)12-17-30(34)37-29-16-15-28(18-21(29)3)36-31(35)25-13-10-24(11-14-25)20-27(33)5-2/h4-18H,1-2,19-20H2,3H3/b17-12+. The molecule has 0 aliphatic carbocycles. The van der Waals surface area contributed by atoms with Crippen LogP contribution in [0.25, 0.3) is 6.08 Å². The van der Waals surface area contributed by atoms with Gasteiger partial charge in [0.05, 0.1) is 5.56 Å². The first-order valence-electron chi connectivity index (χ1n) is 11.5. The van der Waals surface area contributed by atoms with Crippen LogP contribution in [0.4, 0.5) is 0 Å². The first-order chi connectivity index (χ1) is 17.8. The monoisotopic (exact) mass is 494 g/mol. The van der Waals surface area contributed by atoms with Gasteiger partial charge in [-0.05, 0) is 77.7 Å². The Hall–Kier alpha value is -4.84. The van der Waals surface area contributed by atoms with E-state index in [0.29, 0.717) is 22.6 Å². The molecule has 0 aromatic heterocycles. The van der Waals surface area contributed by atoms with Gasteiger partial charge in [0.25, 0.3) is 0 Å². The van der Waals surface area contributed by atoms with Crippen molar-refractivity contribution in [2.75, 3.05) is 0 Å². The van der Waals surface area contributed by atoms with E-state index in [4.69, 9.17) is 9.47 Å². The van der Waals surface area contributed by atoms with E-state index in [-0.39, 0.29) is 24.4 Å². The van der Waals surface area contributed by atoms with Gasteiger partial charge < -0.3 is 9.47 Å². The number of hydrogen-bond donors (Lipinski definition) is 0. The van der Waals surface area contributed by atoms with Crippen molar-refractivity contribution >= 4 is 29.6 Å². The van der Waals surface area contributed by atoms with Gasteiger partial charge in [-0.1, -0.05) is 49.6 Å². The van der Waals surface area contributed by atoms with Crippen LogP contribution in [0.3, 0.4) is 0 Å². The van der Waals surface area contributed by atoms with Crippen LogP contribution in [0.2, 0.25) is 0 Å². The Morgan fingerprint density at radius 2 is 1.32 bits per heavy atom. The van der Waals surface area contributed by atoms with E-state index in [1.807, 2.05) is 12.1 Å². The SMILES string of the molecule is C=CC(=O)Cc1ccc(/C=C/C(=O)Oc2ccc(OC(=O)c3ccc(CC(=O)C=C)cc3)cc2C)cc1. The van der Waals surface area contributed by atoms with E-state index in [9.17, 15) is 19.2 Å². The van der Waals surface area contributed by atoms with Gasteiger partial charge >= 0.3 is 11.9 Å². The second-order valence-electron chi connectivity index (χ2n) is 8.20. The lowest BCUT2D eigenvalue weighted by atomic mass is 10.1. The van der Waals surface area contributed by atoms with Crippen molar-refractivity contribution in [1.29, 1.82) is 0 Å². The summed E-state index contributed by atoms with van der Waals surface area (Å²) < 4.78 is 10.8. The summed E-state index contributed by atoms with van der Waals surface area (Å²) in [5, 5.41) is 0. The molecule has 37 heavy (non-hydrogen) atoms. The van der Waals surface area contributed by atoms with Crippen molar-refractivity contribution < 1.29 is 28.7 Å². The molecule has 0 aliphatic heterocycles. The number of ether oxygens (including phenoxy) is 2. The van der Waals surface area contributed by atoms with Crippen molar-refractivity contribution in [2.45, 2.75) is 19.8 Å². The van der Waals surface area contributed by atoms with E-state index in [1.165, 1.54) is 24.3 Å². The van der Waals surface area contributed by atoms with Gasteiger partial charge in [-0.3, -0.25) is 9.59 Å². The van der Waals surface area contributed by atoms with Crippen molar-refractivity contribution in [3.05, 3.63) is 126 Å². The molecule has 0 spiro atoms. The van der Waals surface area contributed by atoms with Gasteiger partial charge in [-0.15, -0.1) is 0 Å². The summed E-state index contributed by atoms with van der Waals surface area (Å²) in [5.74, 6) is -0.630. The molecule has 6 nitrogen and oxygen atoms in total. The zero-order valence-electron chi connectivity index (χ0n) is 20.4. The predicted octanol–water partition coefficient (Wildman–Crippen LogP) is 5.43. The molecule has 0 saturated carbocycles. The minimum Gasteiger partial charge on any atom is -0.423 e. The topological polar surface area (TPSA) is 86.7 Å². The lowest BCUT2D eigenvalue weighted by molar-refractivity contribution is -0.129. The predicted molar refractivity (Wildman–Crippen MR) is 142 cm³/mol. The van der Waals surface area contributed by atoms with Gasteiger partial charge in [0.15, 0.2) is 11.6 Å². The largest absolute Gasteiger partial charge is 0.423 e. The number of rotatable bonds is 11. The minimum atomic E-state index is -0.561. The van der Waals surface area contributed by atoms with Gasteiger partial charge in [-0.25, -0.2) is 9.59 Å². The van der Waals surface area contributed by atoms with Crippen LogP contribution in [0.1, 0.15) is 32.6 Å². The third kappa shape index (κ3) is 8.11. The maximum atomic E-state index is 12.5. The van der Waals surface area contributed by atoms with Gasteiger partial charge in [0.2, 0.25) is 0 Å². The quantitative estimate of drug-likeness (QED) is 0.201. The average Bonchev–Trinajstić information content (AvgIpc) is 2.90. The highest BCUT2D eigenvalue weighted by Gasteiger charge is 2.12. The molecule has 3 aromatic rings. The Bertz CT molecular complexity index is 1360. The highest BCUT2D eigenvalue weighted by Crippen LogP contribution is 2.24. The molecule has 6 heteroatoms. The summed E-state index contributed by atoms with van der Waals surface area (Å²) in [6, 6.07) is 18.5. The number of allylic oxidation sites excluding steroid dienone is 2. The number of carbonyl (C=O) groups excluding carboxylic acids is 4. The van der Waals surface area contributed by atoms with Crippen molar-refractivity contribution in [1.82, 2.24) is 0 Å². The molecule has 0 saturated heterocycles. The molecule has 0 unspecified atom stereocenters. The van der Waals surface area contributed by atoms with Gasteiger partial charge in [0, 0.05) is 18.9 Å². The van der Waals surface area contributed by atoms with E-state index >= 15 is 0 Å². The molecule has 0 fully saturated rings. The average molecular weight is 495 g/mol. The van der Waals surface area contributed by atoms with Gasteiger partial charge in [-0.2, -0.15) is 0 Å². The molecule has 0 amide bonds. The summed E-state index contributed by atoms with van der Waals surface area (Å²) in [6.45, 7) is 8.64. The minimum absolute atomic E-state index is 0.0599. The number of benzene rings is 3. The number of esters is 2. The summed E-state index contributed by atoms with van der Waals surface area (Å²) >= 11 is 0. The van der Waals surface area contributed by atoms with Crippen molar-refractivity contribution in [3.63, 3.8) is 0 Å². The first-order valence-corrected chi connectivity index (χ1v) is 11.5. The van der Waals surface area contributed by atoms with E-state index in [2.05, 4.69) is 13.2 Å². The maximum absolute atomic E-state index is 12.5. The number of ketones is 2. The first kappa shape index (κ1) is 26.8. The van der Waals surface area contributed by atoms with E-state index in [1.54, 1.807) is 61.5 Å². The van der Waals surface area contributed by atoms with Crippen LogP contribution in [0, 0.1) is 6.92 Å². The Morgan fingerprint density at radius 3 is 1.86 bits per heavy atom. The zero-order valence-corrected chi connectivity index (χ0v) is 20.4. The van der Waals surface area contributed by atoms with Crippen molar-refractivity contribution in [2.24, 2.45) is 0 Å². The fourth-order valence-corrected chi connectivity index (χ4v) is 3.32. The second kappa shape index (κ2) is 12.7. The van der Waals surface area contributed by atoms with Crippen LogP contribution in [-0.2, 0) is 27.2 Å². The van der Waals surface area contributed by atoms with Crippen LogP contribution in [-0.4, -0.2) is 23.5 Å². The van der Waals surface area contributed by atoms with Gasteiger partial charge in [0.1, 0.15) is 11.5 Å². The Kier molecular flexibility index (Phi) is 9.22. The molecule has 186 valence electrons. The maximum Gasteiger partial charge on any atom is 0.343 e. The zero-order chi connectivity index (χ0) is 26.8. The lowest BCUT2D eigenvalue weighted by Gasteiger charge is -2.09. The molecule has 0 bridgehead atoms. The van der Waals surface area contributed by atoms with Crippen LogP contribution in [0.5, 0.6) is 11.5 Å². The summed E-state index contributed by atoms with van der Waals surface area (Å²) in [4.78, 5) is 47.6. The normalized spacial score (nSPS) is 10.5. The lowest BCUT2D eigenvalue weighted by Crippen LogP contribution is -2.09. The molecule has 0 atom stereocenters. The Balaban J connectivity index is 1.56. The van der Waals surface area contributed by atoms with Crippen LogP contribution >= 0.6 is 0 Å². The molecule has 3 aromatic carbocycles. The molecule has 0 heterocycles. The third-order valence-electron chi connectivity index (χ3n) is 5.36. The molecule has 0 radical (unpaired) electrons. The number of aryl methyl sites for hydroxylation is 1. The highest BCUT2D eigenvalue weighted by atomic mass is 16.5. The highest BCUT2D eigenvalue weighted by molar-refractivity contribution is 5.93. The number of carbonyl (C=O) groups is 4. The summed E-state index contributed by atoms with van der Waals surface area (Å²) in [6.07, 6.45) is 5.98. The fraction of sp³-hybridized carbons (Fsp3) is 0.0968. The fourth-order valence-electron chi connectivity index (χ4n) is 3.32. The Morgan fingerprint density at radius 1 is 0.757 bits per heavy atom. The summed E-state index contributed by atoms with van der Waals surface area (Å²) in [7, 11) is 0. The van der Waals surface area contributed by atoms with Crippen LogP contribution < -0.4 is 9.47 Å². The number of hydrogen-bond acceptors (Lipinski definition) is 6. The molecular weight excluding hydrogens is 468 g/mol. The molecule has 0 N–H and O–H groups in total.